The van der Waals surface area contributed by atoms with E-state index in [1.165, 1.54) is 12.4 Å². The number of hydrogen-bond acceptors (Lipinski definition) is 2. The second-order valence-corrected chi connectivity index (χ2v) is 4.58. The predicted molar refractivity (Wildman–Crippen MR) is 60.2 cm³/mol. The summed E-state index contributed by atoms with van der Waals surface area (Å²) in [4.78, 5) is 17.7. The van der Waals surface area contributed by atoms with Crippen molar-refractivity contribution in [1.82, 2.24) is 9.97 Å². The summed E-state index contributed by atoms with van der Waals surface area (Å²) in [5.74, 6) is 0. The molecule has 0 aliphatic heterocycles. The van der Waals surface area contributed by atoms with Gasteiger partial charge in [-0.1, -0.05) is 13.8 Å². The van der Waals surface area contributed by atoms with Crippen LogP contribution in [0.15, 0.2) is 17.2 Å². The van der Waals surface area contributed by atoms with Gasteiger partial charge in [0.15, 0.2) is 0 Å². The SMILES string of the molecule is CC.O=c1cc(C23CCC(F)(C2)C3)nc[nH]1. The molecule has 0 spiro atoms. The van der Waals surface area contributed by atoms with Crippen molar-refractivity contribution in [1.29, 1.82) is 0 Å². The van der Waals surface area contributed by atoms with Crippen molar-refractivity contribution >= 4 is 0 Å². The molecule has 0 radical (unpaired) electrons. The number of halogens is 1. The summed E-state index contributed by atoms with van der Waals surface area (Å²) in [5.41, 5.74) is -0.451. The summed E-state index contributed by atoms with van der Waals surface area (Å²) < 4.78 is 13.6. The number of fused-ring (bicyclic) bond motifs is 1. The molecule has 0 atom stereocenters. The minimum absolute atomic E-state index is 0.122. The first kappa shape index (κ1) is 11.3. The summed E-state index contributed by atoms with van der Waals surface area (Å²) in [6.07, 6.45) is 3.97. The van der Waals surface area contributed by atoms with Crippen LogP contribution in [-0.2, 0) is 5.41 Å². The minimum Gasteiger partial charge on any atom is -0.313 e. The maximum absolute atomic E-state index is 13.6. The van der Waals surface area contributed by atoms with Gasteiger partial charge in [0.1, 0.15) is 5.67 Å². The van der Waals surface area contributed by atoms with Crippen molar-refractivity contribution in [2.24, 2.45) is 0 Å². The van der Waals surface area contributed by atoms with E-state index in [0.29, 0.717) is 19.3 Å². The third-order valence-corrected chi connectivity index (χ3v) is 3.58. The normalized spacial score (nSPS) is 34.9. The summed E-state index contributed by atoms with van der Waals surface area (Å²) in [5, 5.41) is 0. The first-order valence-electron chi connectivity index (χ1n) is 5.86. The Morgan fingerprint density at radius 1 is 1.38 bits per heavy atom. The van der Waals surface area contributed by atoms with Gasteiger partial charge in [0, 0.05) is 11.5 Å². The standard InChI is InChI=1S/C10H11FN2O.C2H6/c11-10-2-1-9(4-10,5-10)7-3-8(14)13-6-12-7;1-2/h3,6H,1-2,4-5H2,(H,12,13,14);1-2H3. The zero-order valence-corrected chi connectivity index (χ0v) is 9.72. The molecule has 4 rings (SSSR count). The lowest BCUT2D eigenvalue weighted by atomic mass is 9.66. The Morgan fingerprint density at radius 2 is 2.06 bits per heavy atom. The average Bonchev–Trinajstić information content (AvgIpc) is 2.75. The lowest BCUT2D eigenvalue weighted by Crippen LogP contribution is -2.43. The fourth-order valence-electron chi connectivity index (χ4n) is 2.95. The van der Waals surface area contributed by atoms with Crippen LogP contribution in [0.25, 0.3) is 0 Å². The second kappa shape index (κ2) is 3.68. The molecule has 2 bridgehead atoms. The Morgan fingerprint density at radius 3 is 2.56 bits per heavy atom. The molecule has 3 aliphatic carbocycles. The molecule has 1 aromatic rings. The highest BCUT2D eigenvalue weighted by molar-refractivity contribution is 5.29. The van der Waals surface area contributed by atoms with Crippen LogP contribution in [0, 0.1) is 0 Å². The molecular weight excluding hydrogens is 207 g/mol. The summed E-state index contributed by atoms with van der Waals surface area (Å²) >= 11 is 0. The van der Waals surface area contributed by atoms with Gasteiger partial charge in [-0.25, -0.2) is 9.37 Å². The van der Waals surface area contributed by atoms with Gasteiger partial charge >= 0.3 is 0 Å². The minimum atomic E-state index is -0.954. The van der Waals surface area contributed by atoms with Crippen molar-refractivity contribution in [3.8, 4) is 0 Å². The second-order valence-electron chi connectivity index (χ2n) is 4.58. The van der Waals surface area contributed by atoms with Gasteiger partial charge in [-0.3, -0.25) is 4.79 Å². The van der Waals surface area contributed by atoms with Crippen LogP contribution in [0.3, 0.4) is 0 Å². The molecule has 4 heteroatoms. The summed E-state index contributed by atoms with van der Waals surface area (Å²) in [7, 11) is 0. The third-order valence-electron chi connectivity index (χ3n) is 3.58. The van der Waals surface area contributed by atoms with E-state index < -0.39 is 5.67 Å². The Balaban J connectivity index is 0.000000457. The predicted octanol–water partition coefficient (Wildman–Crippen LogP) is 2.33. The molecule has 1 aromatic heterocycles. The molecule has 0 saturated heterocycles. The van der Waals surface area contributed by atoms with Crippen LogP contribution in [0.4, 0.5) is 4.39 Å². The molecule has 3 fully saturated rings. The van der Waals surface area contributed by atoms with E-state index in [1.54, 1.807) is 0 Å². The molecule has 0 unspecified atom stereocenters. The molecule has 3 nitrogen and oxygen atoms in total. The van der Waals surface area contributed by atoms with E-state index in [9.17, 15) is 9.18 Å². The van der Waals surface area contributed by atoms with E-state index in [0.717, 1.165) is 12.1 Å². The zero-order valence-electron chi connectivity index (χ0n) is 9.72. The zero-order chi connectivity index (χ0) is 11.8. The number of H-pyrrole nitrogens is 1. The van der Waals surface area contributed by atoms with Crippen molar-refractivity contribution in [2.45, 2.75) is 50.6 Å². The number of aromatic amines is 1. The van der Waals surface area contributed by atoms with Crippen LogP contribution in [0.1, 0.15) is 45.2 Å². The molecule has 1 N–H and O–H groups in total. The van der Waals surface area contributed by atoms with Gasteiger partial charge in [0.25, 0.3) is 5.56 Å². The third kappa shape index (κ3) is 1.56. The van der Waals surface area contributed by atoms with Crippen molar-refractivity contribution in [3.05, 3.63) is 28.4 Å². The topological polar surface area (TPSA) is 45.8 Å². The van der Waals surface area contributed by atoms with Crippen LogP contribution < -0.4 is 5.56 Å². The number of rotatable bonds is 1. The van der Waals surface area contributed by atoms with Gasteiger partial charge in [-0.05, 0) is 25.7 Å². The maximum Gasteiger partial charge on any atom is 0.250 e. The molecular formula is C12H17FN2O. The molecule has 3 saturated carbocycles. The quantitative estimate of drug-likeness (QED) is 0.795. The van der Waals surface area contributed by atoms with E-state index in [4.69, 9.17) is 0 Å². The highest BCUT2D eigenvalue weighted by Crippen LogP contribution is 2.63. The number of hydrogen-bond donors (Lipinski definition) is 1. The fraction of sp³-hybridized carbons (Fsp3) is 0.667. The van der Waals surface area contributed by atoms with Gasteiger partial charge in [-0.2, -0.15) is 0 Å². The monoisotopic (exact) mass is 224 g/mol. The number of alkyl halides is 1. The van der Waals surface area contributed by atoms with Crippen LogP contribution >= 0.6 is 0 Å². The molecule has 16 heavy (non-hydrogen) atoms. The Bertz CT molecular complexity index is 435. The maximum atomic E-state index is 13.6. The molecule has 3 aliphatic rings. The van der Waals surface area contributed by atoms with Gasteiger partial charge in [0.2, 0.25) is 0 Å². The number of aromatic nitrogens is 2. The smallest absolute Gasteiger partial charge is 0.250 e. The number of nitrogens with zero attached hydrogens (tertiary/aromatic N) is 1. The fourth-order valence-corrected chi connectivity index (χ4v) is 2.95. The van der Waals surface area contributed by atoms with Crippen molar-refractivity contribution < 1.29 is 4.39 Å². The van der Waals surface area contributed by atoms with Crippen LogP contribution in [0.2, 0.25) is 0 Å². The molecule has 1 heterocycles. The lowest BCUT2D eigenvalue weighted by molar-refractivity contribution is 0.0511. The first-order valence-corrected chi connectivity index (χ1v) is 5.86. The molecule has 0 aromatic carbocycles. The molecule has 88 valence electrons. The van der Waals surface area contributed by atoms with Crippen molar-refractivity contribution in [3.63, 3.8) is 0 Å². The van der Waals surface area contributed by atoms with Gasteiger partial charge in [-0.15, -0.1) is 0 Å². The van der Waals surface area contributed by atoms with Gasteiger partial charge < -0.3 is 4.98 Å². The van der Waals surface area contributed by atoms with E-state index in [1.807, 2.05) is 13.8 Å². The van der Waals surface area contributed by atoms with Gasteiger partial charge in [0.05, 0.1) is 12.0 Å². The Kier molecular flexibility index (Phi) is 2.60. The Hall–Kier alpha value is -1.19. The highest BCUT2D eigenvalue weighted by atomic mass is 19.1. The first-order chi connectivity index (χ1) is 7.62. The largest absolute Gasteiger partial charge is 0.313 e. The van der Waals surface area contributed by atoms with Crippen LogP contribution in [0.5, 0.6) is 0 Å². The lowest BCUT2D eigenvalue weighted by Gasteiger charge is -2.41. The highest BCUT2D eigenvalue weighted by Gasteiger charge is 2.62. The molecule has 0 amide bonds. The Labute approximate surface area is 94.1 Å². The summed E-state index contributed by atoms with van der Waals surface area (Å²) in [6.45, 7) is 4.00. The van der Waals surface area contributed by atoms with Crippen LogP contribution in [-0.4, -0.2) is 15.6 Å². The van der Waals surface area contributed by atoms with E-state index in [2.05, 4.69) is 9.97 Å². The van der Waals surface area contributed by atoms with E-state index in [-0.39, 0.29) is 11.0 Å². The average molecular weight is 224 g/mol. The summed E-state index contributed by atoms with van der Waals surface area (Å²) in [6, 6.07) is 1.50. The van der Waals surface area contributed by atoms with E-state index >= 15 is 0 Å². The number of nitrogens with one attached hydrogen (secondary N) is 1. The van der Waals surface area contributed by atoms with Crippen molar-refractivity contribution in [2.75, 3.05) is 0 Å².